The Kier molecular flexibility index (Phi) is 2.62. The van der Waals surface area contributed by atoms with Crippen LogP contribution in [0.15, 0.2) is 12.4 Å². The van der Waals surface area contributed by atoms with Crippen molar-refractivity contribution in [2.24, 2.45) is 5.41 Å². The number of rotatable bonds is 1. The number of likely N-dealkylation sites (tertiary alicyclic amines) is 1. The van der Waals surface area contributed by atoms with Crippen molar-refractivity contribution in [1.82, 2.24) is 14.9 Å². The third-order valence-electron chi connectivity index (χ3n) is 3.97. The Morgan fingerprint density at radius 3 is 2.68 bits per heavy atom. The van der Waals surface area contributed by atoms with Crippen LogP contribution in [-0.4, -0.2) is 39.7 Å². The fourth-order valence-electron chi connectivity index (χ4n) is 3.16. The van der Waals surface area contributed by atoms with Gasteiger partial charge in [0.1, 0.15) is 11.4 Å². The molecule has 1 spiro atoms. The van der Waals surface area contributed by atoms with E-state index in [0.29, 0.717) is 11.3 Å². The molecule has 1 amide bonds. The number of aromatic amines is 1. The molecule has 0 unspecified atom stereocenters. The molecule has 2 heterocycles. The molecule has 1 aliphatic heterocycles. The van der Waals surface area contributed by atoms with Crippen molar-refractivity contribution >= 4 is 6.09 Å². The maximum atomic E-state index is 11.9. The van der Waals surface area contributed by atoms with Crippen molar-refractivity contribution in [1.29, 1.82) is 0 Å². The molecule has 3 rings (SSSR count). The minimum absolute atomic E-state index is 0.181. The van der Waals surface area contributed by atoms with Gasteiger partial charge in [-0.3, -0.25) is 0 Å². The van der Waals surface area contributed by atoms with Gasteiger partial charge >= 0.3 is 6.09 Å². The standard InChI is InChI=1S/C14H21N3O2/c1-13(2,3)19-12(18)17-8-14(9-17)6-10(7-14)11-15-4-5-16-11/h4-5,10H,6-9H2,1-3H3,(H,15,16). The largest absolute Gasteiger partial charge is 0.444 e. The van der Waals surface area contributed by atoms with Crippen LogP contribution in [0.1, 0.15) is 45.4 Å². The van der Waals surface area contributed by atoms with E-state index in [-0.39, 0.29) is 6.09 Å². The number of aromatic nitrogens is 2. The van der Waals surface area contributed by atoms with Gasteiger partial charge in [-0.05, 0) is 33.6 Å². The van der Waals surface area contributed by atoms with Crippen molar-refractivity contribution in [2.45, 2.75) is 45.1 Å². The first-order valence-electron chi connectivity index (χ1n) is 6.84. The molecule has 104 valence electrons. The average molecular weight is 263 g/mol. The number of hydrogen-bond acceptors (Lipinski definition) is 3. The van der Waals surface area contributed by atoms with E-state index in [0.717, 1.165) is 31.8 Å². The fraction of sp³-hybridized carbons (Fsp3) is 0.714. The third kappa shape index (κ3) is 2.33. The summed E-state index contributed by atoms with van der Waals surface area (Å²) in [6, 6.07) is 0. The van der Waals surface area contributed by atoms with E-state index in [1.165, 1.54) is 0 Å². The molecule has 5 nitrogen and oxygen atoms in total. The number of nitrogens with zero attached hydrogens (tertiary/aromatic N) is 2. The first kappa shape index (κ1) is 12.5. The number of amides is 1. The molecule has 1 saturated carbocycles. The molecule has 1 aliphatic carbocycles. The minimum Gasteiger partial charge on any atom is -0.444 e. The first-order chi connectivity index (χ1) is 8.87. The normalized spacial score (nSPS) is 21.9. The molecule has 5 heteroatoms. The molecule has 0 atom stereocenters. The summed E-state index contributed by atoms with van der Waals surface area (Å²) in [5.41, 5.74) is -0.0789. The van der Waals surface area contributed by atoms with Gasteiger partial charge in [-0.15, -0.1) is 0 Å². The lowest BCUT2D eigenvalue weighted by atomic mass is 9.57. The summed E-state index contributed by atoms with van der Waals surface area (Å²) < 4.78 is 5.37. The van der Waals surface area contributed by atoms with Gasteiger partial charge in [0, 0.05) is 36.8 Å². The quantitative estimate of drug-likeness (QED) is 0.847. The second-order valence-corrected chi connectivity index (χ2v) is 6.92. The summed E-state index contributed by atoms with van der Waals surface area (Å²) in [5, 5.41) is 0. The zero-order valence-corrected chi connectivity index (χ0v) is 11.8. The van der Waals surface area contributed by atoms with E-state index < -0.39 is 5.60 Å². The second-order valence-electron chi connectivity index (χ2n) is 6.92. The molecule has 0 radical (unpaired) electrons. The van der Waals surface area contributed by atoms with Crippen LogP contribution in [0.5, 0.6) is 0 Å². The zero-order chi connectivity index (χ0) is 13.7. The molecule has 2 fully saturated rings. The summed E-state index contributed by atoms with van der Waals surface area (Å²) in [4.78, 5) is 21.2. The molecular formula is C14H21N3O2. The number of carbonyl (C=O) groups excluding carboxylic acids is 1. The van der Waals surface area contributed by atoms with E-state index in [1.54, 1.807) is 6.20 Å². The molecule has 0 aromatic carbocycles. The van der Waals surface area contributed by atoms with Gasteiger partial charge in [0.25, 0.3) is 0 Å². The lowest BCUT2D eigenvalue weighted by Gasteiger charge is -2.58. The molecule has 1 N–H and O–H groups in total. The monoisotopic (exact) mass is 263 g/mol. The number of hydrogen-bond donors (Lipinski definition) is 1. The molecule has 0 bridgehead atoms. The highest BCUT2D eigenvalue weighted by molar-refractivity contribution is 5.69. The lowest BCUT2D eigenvalue weighted by molar-refractivity contribution is -0.0796. The van der Waals surface area contributed by atoms with Gasteiger partial charge in [-0.2, -0.15) is 0 Å². The Morgan fingerprint density at radius 2 is 2.16 bits per heavy atom. The Hall–Kier alpha value is -1.52. The van der Waals surface area contributed by atoms with Crippen molar-refractivity contribution in [2.75, 3.05) is 13.1 Å². The first-order valence-corrected chi connectivity index (χ1v) is 6.84. The maximum Gasteiger partial charge on any atom is 0.410 e. The van der Waals surface area contributed by atoms with Crippen LogP contribution in [0.4, 0.5) is 4.79 Å². The van der Waals surface area contributed by atoms with Gasteiger partial charge < -0.3 is 14.6 Å². The van der Waals surface area contributed by atoms with Gasteiger partial charge in [0.15, 0.2) is 0 Å². The number of nitrogens with one attached hydrogen (secondary N) is 1. The number of imidazole rings is 1. The van der Waals surface area contributed by atoms with E-state index in [2.05, 4.69) is 9.97 Å². The van der Waals surface area contributed by atoms with E-state index in [1.807, 2.05) is 31.9 Å². The zero-order valence-electron chi connectivity index (χ0n) is 11.8. The predicted octanol–water partition coefficient (Wildman–Crippen LogP) is 2.52. The summed E-state index contributed by atoms with van der Waals surface area (Å²) in [5.74, 6) is 1.62. The lowest BCUT2D eigenvalue weighted by Crippen LogP contribution is -2.63. The van der Waals surface area contributed by atoms with Crippen molar-refractivity contribution < 1.29 is 9.53 Å². The van der Waals surface area contributed by atoms with Gasteiger partial charge in [-0.1, -0.05) is 0 Å². The summed E-state index contributed by atoms with van der Waals surface area (Å²) in [7, 11) is 0. The maximum absolute atomic E-state index is 11.9. The van der Waals surface area contributed by atoms with Crippen molar-refractivity contribution in [3.05, 3.63) is 18.2 Å². The van der Waals surface area contributed by atoms with Crippen LogP contribution in [0.25, 0.3) is 0 Å². The van der Waals surface area contributed by atoms with Crippen molar-refractivity contribution in [3.63, 3.8) is 0 Å². The number of H-pyrrole nitrogens is 1. The second kappa shape index (κ2) is 3.99. The minimum atomic E-state index is -0.407. The Labute approximate surface area is 113 Å². The third-order valence-corrected chi connectivity index (χ3v) is 3.97. The van der Waals surface area contributed by atoms with Crippen LogP contribution < -0.4 is 0 Å². The van der Waals surface area contributed by atoms with Crippen LogP contribution in [-0.2, 0) is 4.74 Å². The molecular weight excluding hydrogens is 242 g/mol. The highest BCUT2D eigenvalue weighted by Crippen LogP contribution is 2.55. The average Bonchev–Trinajstić information content (AvgIpc) is 2.62. The Balaban J connectivity index is 1.48. The van der Waals surface area contributed by atoms with Crippen molar-refractivity contribution in [3.8, 4) is 0 Å². The highest BCUT2D eigenvalue weighted by Gasteiger charge is 2.55. The number of ether oxygens (including phenoxy) is 1. The van der Waals surface area contributed by atoms with E-state index >= 15 is 0 Å². The van der Waals surface area contributed by atoms with E-state index in [4.69, 9.17) is 4.74 Å². The fourth-order valence-corrected chi connectivity index (χ4v) is 3.16. The van der Waals surface area contributed by atoms with Crippen LogP contribution >= 0.6 is 0 Å². The molecule has 2 aliphatic rings. The SMILES string of the molecule is CC(C)(C)OC(=O)N1CC2(CC(c3ncc[nH]3)C2)C1. The topological polar surface area (TPSA) is 58.2 Å². The van der Waals surface area contributed by atoms with Crippen LogP contribution in [0, 0.1) is 5.41 Å². The van der Waals surface area contributed by atoms with Gasteiger partial charge in [0.2, 0.25) is 0 Å². The van der Waals surface area contributed by atoms with E-state index in [9.17, 15) is 4.79 Å². The molecule has 1 aromatic heterocycles. The highest BCUT2D eigenvalue weighted by atomic mass is 16.6. The number of carbonyl (C=O) groups is 1. The summed E-state index contributed by atoms with van der Waals surface area (Å²) >= 11 is 0. The summed E-state index contributed by atoms with van der Waals surface area (Å²) in [6.07, 6.45) is 5.74. The Bertz CT molecular complexity index is 461. The molecule has 19 heavy (non-hydrogen) atoms. The predicted molar refractivity (Wildman–Crippen MR) is 70.8 cm³/mol. The smallest absolute Gasteiger partial charge is 0.410 e. The van der Waals surface area contributed by atoms with Crippen LogP contribution in [0.3, 0.4) is 0 Å². The summed E-state index contributed by atoms with van der Waals surface area (Å²) in [6.45, 7) is 7.36. The van der Waals surface area contributed by atoms with Gasteiger partial charge in [-0.25, -0.2) is 9.78 Å². The van der Waals surface area contributed by atoms with Crippen LogP contribution in [0.2, 0.25) is 0 Å². The van der Waals surface area contributed by atoms with Gasteiger partial charge in [0.05, 0.1) is 0 Å². The Morgan fingerprint density at radius 1 is 1.47 bits per heavy atom. The molecule has 1 saturated heterocycles. The molecule has 1 aromatic rings.